The Morgan fingerprint density at radius 2 is 0.741 bits per heavy atom. The maximum absolute atomic E-state index is 9.48. The zero-order chi connectivity index (χ0) is 38.6. The SMILES string of the molecule is N#Cc1ccc(-c2ccc3c(c2)C2(c4ccccc4Nc4ccccc42)c2cc(-c4ccc(-c5nc(-c6ccccc6)nc(-c6ccccc6)n5)cc4)ccc2-3)cc1. The van der Waals surface area contributed by atoms with E-state index in [2.05, 4.69) is 121 Å². The number of para-hydroxylation sites is 2. The lowest BCUT2D eigenvalue weighted by Crippen LogP contribution is -2.33. The van der Waals surface area contributed by atoms with Crippen molar-refractivity contribution in [3.8, 4) is 73.6 Å². The van der Waals surface area contributed by atoms with Crippen LogP contribution >= 0.6 is 0 Å². The van der Waals surface area contributed by atoms with Gasteiger partial charge in [0.15, 0.2) is 17.5 Å². The summed E-state index contributed by atoms with van der Waals surface area (Å²) >= 11 is 0. The summed E-state index contributed by atoms with van der Waals surface area (Å²) in [5, 5.41) is 13.2. The number of fused-ring (bicyclic) bond motifs is 9. The van der Waals surface area contributed by atoms with Gasteiger partial charge in [-0.25, -0.2) is 15.0 Å². The van der Waals surface area contributed by atoms with Gasteiger partial charge in [0.2, 0.25) is 0 Å². The van der Waals surface area contributed by atoms with Crippen molar-refractivity contribution in [1.82, 2.24) is 15.0 Å². The topological polar surface area (TPSA) is 74.5 Å². The van der Waals surface area contributed by atoms with Crippen LogP contribution in [0.1, 0.15) is 27.8 Å². The van der Waals surface area contributed by atoms with E-state index in [4.69, 9.17) is 15.0 Å². The van der Waals surface area contributed by atoms with Crippen LogP contribution in [0, 0.1) is 11.3 Å². The molecule has 5 nitrogen and oxygen atoms in total. The molecule has 0 unspecified atom stereocenters. The smallest absolute Gasteiger partial charge is 0.164 e. The third-order valence-corrected chi connectivity index (χ3v) is 11.6. The molecule has 0 fully saturated rings. The normalized spacial score (nSPS) is 12.7. The predicted molar refractivity (Wildman–Crippen MR) is 232 cm³/mol. The van der Waals surface area contributed by atoms with Crippen LogP contribution in [0.5, 0.6) is 0 Å². The Kier molecular flexibility index (Phi) is 7.70. The molecule has 0 bridgehead atoms. The Labute approximate surface area is 336 Å². The highest BCUT2D eigenvalue weighted by Gasteiger charge is 2.50. The average molecular weight is 740 g/mol. The van der Waals surface area contributed by atoms with E-state index in [0.29, 0.717) is 23.0 Å². The Morgan fingerprint density at radius 3 is 1.21 bits per heavy atom. The Morgan fingerprint density at radius 1 is 0.362 bits per heavy atom. The molecule has 5 heteroatoms. The molecule has 1 aliphatic heterocycles. The first-order chi connectivity index (χ1) is 28.7. The standard InChI is InChI=1S/C53H33N5/c54-33-34-19-21-35(22-20-34)40-27-29-42-43-30-28-41(32-47(43)53(46(42)31-40)44-15-7-9-17-48(44)55-49-18-10-8-16-45(49)53)36-23-25-39(26-24-36)52-57-50(37-11-3-1-4-12-37)56-51(58-52)38-13-5-2-6-14-38/h1-32,55H. The Hall–Kier alpha value is -7.94. The summed E-state index contributed by atoms with van der Waals surface area (Å²) in [6, 6.07) is 70.1. The second-order valence-electron chi connectivity index (χ2n) is 14.8. The van der Waals surface area contributed by atoms with Gasteiger partial charge < -0.3 is 5.32 Å². The molecule has 0 amide bonds. The molecular weight excluding hydrogens is 707 g/mol. The lowest BCUT2D eigenvalue weighted by Gasteiger charge is -2.40. The summed E-state index contributed by atoms with van der Waals surface area (Å²) in [4.78, 5) is 14.8. The molecule has 1 aromatic heterocycles. The fourth-order valence-electron chi connectivity index (χ4n) is 8.88. The Bertz CT molecular complexity index is 2970. The van der Waals surface area contributed by atoms with Crippen molar-refractivity contribution in [1.29, 1.82) is 5.26 Å². The number of rotatable bonds is 5. The van der Waals surface area contributed by atoms with Crippen LogP contribution in [0.25, 0.3) is 67.5 Å². The summed E-state index contributed by atoms with van der Waals surface area (Å²) < 4.78 is 0. The average Bonchev–Trinajstić information content (AvgIpc) is 3.58. The van der Waals surface area contributed by atoms with E-state index in [0.717, 1.165) is 50.3 Å². The second-order valence-corrected chi connectivity index (χ2v) is 14.8. The lowest BCUT2D eigenvalue weighted by molar-refractivity contribution is 0.764. The molecule has 0 radical (unpaired) electrons. The number of nitrogens with zero attached hydrogens (tertiary/aromatic N) is 4. The van der Waals surface area contributed by atoms with Crippen molar-refractivity contribution < 1.29 is 0 Å². The number of hydrogen-bond acceptors (Lipinski definition) is 5. The second kappa shape index (κ2) is 13.4. The van der Waals surface area contributed by atoms with E-state index in [1.54, 1.807) is 0 Å². The first kappa shape index (κ1) is 33.4. The molecule has 9 aromatic rings. The van der Waals surface area contributed by atoms with Crippen molar-refractivity contribution in [3.63, 3.8) is 0 Å². The molecule has 1 spiro atoms. The fraction of sp³-hybridized carbons (Fsp3) is 0.0189. The van der Waals surface area contributed by atoms with Crippen LogP contribution in [0.4, 0.5) is 11.4 Å². The zero-order valence-electron chi connectivity index (χ0n) is 31.3. The van der Waals surface area contributed by atoms with E-state index in [-0.39, 0.29) is 0 Å². The van der Waals surface area contributed by atoms with E-state index in [9.17, 15) is 5.26 Å². The number of benzene rings is 8. The van der Waals surface area contributed by atoms with Crippen LogP contribution in [-0.4, -0.2) is 15.0 Å². The van der Waals surface area contributed by atoms with Gasteiger partial charge in [-0.3, -0.25) is 0 Å². The highest BCUT2D eigenvalue weighted by atomic mass is 15.0. The number of aromatic nitrogens is 3. The monoisotopic (exact) mass is 739 g/mol. The van der Waals surface area contributed by atoms with Crippen LogP contribution in [-0.2, 0) is 5.41 Å². The molecule has 2 aliphatic rings. The van der Waals surface area contributed by atoms with Gasteiger partial charge in [0.25, 0.3) is 0 Å². The minimum Gasteiger partial charge on any atom is -0.355 e. The zero-order valence-corrected chi connectivity index (χ0v) is 31.3. The highest BCUT2D eigenvalue weighted by Crippen LogP contribution is 2.61. The van der Waals surface area contributed by atoms with Crippen molar-refractivity contribution in [2.24, 2.45) is 0 Å². The van der Waals surface area contributed by atoms with E-state index in [1.807, 2.05) is 84.9 Å². The molecule has 0 atom stereocenters. The molecule has 0 saturated heterocycles. The molecule has 11 rings (SSSR count). The number of nitrogens with one attached hydrogen (secondary N) is 1. The van der Waals surface area contributed by atoms with Crippen LogP contribution in [0.2, 0.25) is 0 Å². The molecule has 270 valence electrons. The van der Waals surface area contributed by atoms with Gasteiger partial charge in [-0.2, -0.15) is 5.26 Å². The molecule has 58 heavy (non-hydrogen) atoms. The van der Waals surface area contributed by atoms with Gasteiger partial charge >= 0.3 is 0 Å². The van der Waals surface area contributed by atoms with Gasteiger partial charge in [0.05, 0.1) is 17.0 Å². The van der Waals surface area contributed by atoms with Crippen LogP contribution in [0.3, 0.4) is 0 Å². The molecule has 8 aromatic carbocycles. The largest absolute Gasteiger partial charge is 0.355 e. The molecule has 1 aliphatic carbocycles. The fourth-order valence-corrected chi connectivity index (χ4v) is 8.88. The van der Waals surface area contributed by atoms with Gasteiger partial charge in [-0.05, 0) is 92.0 Å². The molecular formula is C53H33N5. The number of anilines is 2. The lowest BCUT2D eigenvalue weighted by atomic mass is 9.64. The van der Waals surface area contributed by atoms with Crippen LogP contribution < -0.4 is 5.32 Å². The summed E-state index contributed by atoms with van der Waals surface area (Å²) in [6.07, 6.45) is 0. The minimum atomic E-state index is -0.575. The molecule has 0 saturated carbocycles. The van der Waals surface area contributed by atoms with Crippen molar-refractivity contribution in [2.75, 3.05) is 5.32 Å². The summed E-state index contributed by atoms with van der Waals surface area (Å²) in [5.41, 5.74) is 16.9. The maximum Gasteiger partial charge on any atom is 0.164 e. The first-order valence-electron chi connectivity index (χ1n) is 19.4. The van der Waals surface area contributed by atoms with Gasteiger partial charge in [0.1, 0.15) is 0 Å². The maximum atomic E-state index is 9.48. The first-order valence-corrected chi connectivity index (χ1v) is 19.4. The van der Waals surface area contributed by atoms with E-state index in [1.165, 1.54) is 33.4 Å². The van der Waals surface area contributed by atoms with Gasteiger partial charge in [-0.15, -0.1) is 0 Å². The van der Waals surface area contributed by atoms with E-state index >= 15 is 0 Å². The molecule has 1 N–H and O–H groups in total. The van der Waals surface area contributed by atoms with Crippen molar-refractivity contribution in [3.05, 3.63) is 222 Å². The number of nitriles is 1. The molecule has 2 heterocycles. The highest BCUT2D eigenvalue weighted by molar-refractivity contribution is 5.95. The number of hydrogen-bond donors (Lipinski definition) is 1. The third-order valence-electron chi connectivity index (χ3n) is 11.6. The summed E-state index contributed by atoms with van der Waals surface area (Å²) in [7, 11) is 0. The quantitative estimate of drug-likeness (QED) is 0.190. The summed E-state index contributed by atoms with van der Waals surface area (Å²) in [5.74, 6) is 1.91. The van der Waals surface area contributed by atoms with E-state index < -0.39 is 5.41 Å². The minimum absolute atomic E-state index is 0.575. The van der Waals surface area contributed by atoms with Crippen molar-refractivity contribution in [2.45, 2.75) is 5.41 Å². The van der Waals surface area contributed by atoms with Gasteiger partial charge in [0, 0.05) is 28.1 Å². The Balaban J connectivity index is 1.06. The van der Waals surface area contributed by atoms with Crippen molar-refractivity contribution >= 4 is 11.4 Å². The van der Waals surface area contributed by atoms with Gasteiger partial charge in [-0.1, -0.05) is 158 Å². The summed E-state index contributed by atoms with van der Waals surface area (Å²) in [6.45, 7) is 0. The van der Waals surface area contributed by atoms with Crippen LogP contribution in [0.15, 0.2) is 194 Å². The predicted octanol–water partition coefficient (Wildman–Crippen LogP) is 12.5. The third kappa shape index (κ3) is 5.27.